The molecular weight excluding hydrogens is 260 g/mol. The van der Waals surface area contributed by atoms with Crippen molar-refractivity contribution in [2.45, 2.75) is 50.0 Å². The fraction of sp³-hybridized carbons (Fsp3) is 0.462. The molecule has 0 spiro atoms. The summed E-state index contributed by atoms with van der Waals surface area (Å²) < 4.78 is 5.30. The first-order chi connectivity index (χ1) is 8.92. The van der Waals surface area contributed by atoms with Crippen molar-refractivity contribution in [2.75, 3.05) is 0 Å². The van der Waals surface area contributed by atoms with Gasteiger partial charge in [-0.15, -0.1) is 10.2 Å². The molecule has 2 aromatic heterocycles. The van der Waals surface area contributed by atoms with Crippen LogP contribution in [0.1, 0.15) is 32.2 Å². The van der Waals surface area contributed by atoms with E-state index in [9.17, 15) is 0 Å². The van der Waals surface area contributed by atoms with Gasteiger partial charge in [0.2, 0.25) is 5.89 Å². The minimum atomic E-state index is 0.106. The van der Waals surface area contributed by atoms with Gasteiger partial charge in [-0.25, -0.2) is 4.98 Å². The van der Waals surface area contributed by atoms with Gasteiger partial charge in [0.1, 0.15) is 5.03 Å². The van der Waals surface area contributed by atoms with Gasteiger partial charge in [-0.1, -0.05) is 6.07 Å². The van der Waals surface area contributed by atoms with Crippen LogP contribution in [0.4, 0.5) is 0 Å². The molecule has 6 heteroatoms. The number of pyridine rings is 1. The zero-order valence-electron chi connectivity index (χ0n) is 11.6. The molecule has 0 unspecified atom stereocenters. The number of nitrogens with one attached hydrogen (secondary N) is 1. The molecule has 0 aromatic carbocycles. The molecular formula is C13H18N4OS. The lowest BCUT2D eigenvalue weighted by atomic mass is 10.1. The predicted octanol–water partition coefficient (Wildman–Crippen LogP) is 2.81. The zero-order chi connectivity index (χ0) is 13.9. The van der Waals surface area contributed by atoms with Crippen LogP contribution >= 0.6 is 11.8 Å². The highest BCUT2D eigenvalue weighted by molar-refractivity contribution is 7.99. The van der Waals surface area contributed by atoms with Gasteiger partial charge in [0.05, 0.1) is 0 Å². The molecule has 0 radical (unpaired) electrons. The van der Waals surface area contributed by atoms with Crippen molar-refractivity contribution in [2.24, 2.45) is 0 Å². The molecule has 102 valence electrons. The first kappa shape index (κ1) is 14.0. The van der Waals surface area contributed by atoms with Crippen LogP contribution < -0.4 is 5.32 Å². The molecule has 0 aliphatic heterocycles. The summed E-state index contributed by atoms with van der Waals surface area (Å²) in [7, 11) is 0. The van der Waals surface area contributed by atoms with E-state index in [2.05, 4.69) is 47.3 Å². The van der Waals surface area contributed by atoms with E-state index in [0.717, 1.165) is 17.1 Å². The van der Waals surface area contributed by atoms with Crippen molar-refractivity contribution in [1.29, 1.82) is 0 Å². The highest BCUT2D eigenvalue weighted by Gasteiger charge is 2.09. The maximum atomic E-state index is 5.30. The minimum absolute atomic E-state index is 0.106. The summed E-state index contributed by atoms with van der Waals surface area (Å²) in [6, 6.07) is 4.02. The Labute approximate surface area is 117 Å². The van der Waals surface area contributed by atoms with Gasteiger partial charge in [-0.05, 0) is 44.2 Å². The topological polar surface area (TPSA) is 63.8 Å². The smallest absolute Gasteiger partial charge is 0.282 e. The Kier molecular flexibility index (Phi) is 4.21. The molecule has 0 amide bonds. The van der Waals surface area contributed by atoms with Crippen LogP contribution in [0.25, 0.3) is 0 Å². The van der Waals surface area contributed by atoms with Gasteiger partial charge in [0.25, 0.3) is 5.22 Å². The van der Waals surface area contributed by atoms with Crippen molar-refractivity contribution < 1.29 is 4.42 Å². The van der Waals surface area contributed by atoms with Crippen molar-refractivity contribution >= 4 is 11.8 Å². The van der Waals surface area contributed by atoms with Gasteiger partial charge in [-0.3, -0.25) is 0 Å². The summed E-state index contributed by atoms with van der Waals surface area (Å²) >= 11 is 1.37. The number of nitrogens with zero attached hydrogens (tertiary/aromatic N) is 3. The van der Waals surface area contributed by atoms with E-state index in [4.69, 9.17) is 4.42 Å². The quantitative estimate of drug-likeness (QED) is 0.927. The Morgan fingerprint density at radius 2 is 2.05 bits per heavy atom. The maximum Gasteiger partial charge on any atom is 0.282 e. The van der Waals surface area contributed by atoms with Crippen LogP contribution in [0.3, 0.4) is 0 Å². The third-order valence-corrected chi connectivity index (χ3v) is 3.11. The number of aromatic nitrogens is 3. The minimum Gasteiger partial charge on any atom is -0.416 e. The van der Waals surface area contributed by atoms with E-state index in [-0.39, 0.29) is 5.54 Å². The summed E-state index contributed by atoms with van der Waals surface area (Å²) in [4.78, 5) is 4.38. The van der Waals surface area contributed by atoms with Gasteiger partial charge in [0, 0.05) is 25.2 Å². The average Bonchev–Trinajstić information content (AvgIpc) is 2.73. The highest BCUT2D eigenvalue weighted by Crippen LogP contribution is 2.24. The highest BCUT2D eigenvalue weighted by atomic mass is 32.2. The SMILES string of the molecule is Cc1nnc(Sc2ccc(CNC(C)(C)C)cn2)o1. The Bertz CT molecular complexity index is 530. The predicted molar refractivity (Wildman–Crippen MR) is 74.0 cm³/mol. The van der Waals surface area contributed by atoms with E-state index < -0.39 is 0 Å². The number of hydrogen-bond donors (Lipinski definition) is 1. The molecule has 19 heavy (non-hydrogen) atoms. The van der Waals surface area contributed by atoms with Crippen LogP contribution in [-0.2, 0) is 6.54 Å². The van der Waals surface area contributed by atoms with Crippen LogP contribution in [0.15, 0.2) is 33.0 Å². The standard InChI is InChI=1S/C13H18N4OS/c1-9-16-17-12(18-9)19-11-6-5-10(7-14-11)8-15-13(2,3)4/h5-7,15H,8H2,1-4H3. The monoisotopic (exact) mass is 278 g/mol. The average molecular weight is 278 g/mol. The Hall–Kier alpha value is -1.40. The molecule has 2 heterocycles. The molecule has 0 aliphatic carbocycles. The first-order valence-corrected chi connectivity index (χ1v) is 6.92. The van der Waals surface area contributed by atoms with Gasteiger partial charge in [-0.2, -0.15) is 0 Å². The molecule has 0 saturated carbocycles. The molecule has 1 N–H and O–H groups in total. The van der Waals surface area contributed by atoms with Crippen molar-refractivity contribution in [1.82, 2.24) is 20.5 Å². The van der Waals surface area contributed by atoms with Gasteiger partial charge >= 0.3 is 0 Å². The van der Waals surface area contributed by atoms with Gasteiger partial charge < -0.3 is 9.73 Å². The largest absolute Gasteiger partial charge is 0.416 e. The van der Waals surface area contributed by atoms with E-state index in [1.54, 1.807) is 6.92 Å². The molecule has 2 rings (SSSR count). The van der Waals surface area contributed by atoms with Crippen molar-refractivity contribution in [3.05, 3.63) is 29.8 Å². The molecule has 2 aromatic rings. The second kappa shape index (κ2) is 5.71. The molecule has 0 aliphatic rings. The molecule has 0 saturated heterocycles. The Morgan fingerprint density at radius 1 is 1.26 bits per heavy atom. The second-order valence-corrected chi connectivity index (χ2v) is 6.27. The van der Waals surface area contributed by atoms with Crippen molar-refractivity contribution in [3.8, 4) is 0 Å². The van der Waals surface area contributed by atoms with Crippen molar-refractivity contribution in [3.63, 3.8) is 0 Å². The Morgan fingerprint density at radius 3 is 2.58 bits per heavy atom. The number of rotatable bonds is 4. The van der Waals surface area contributed by atoms with Crippen LogP contribution in [0.2, 0.25) is 0 Å². The fourth-order valence-electron chi connectivity index (χ4n) is 1.35. The zero-order valence-corrected chi connectivity index (χ0v) is 12.4. The maximum absolute atomic E-state index is 5.30. The third kappa shape index (κ3) is 4.65. The summed E-state index contributed by atoms with van der Waals surface area (Å²) in [5.74, 6) is 0.563. The van der Waals surface area contributed by atoms with E-state index in [1.807, 2.05) is 12.3 Å². The summed E-state index contributed by atoms with van der Waals surface area (Å²) in [5.41, 5.74) is 1.26. The van der Waals surface area contributed by atoms with E-state index in [1.165, 1.54) is 11.8 Å². The molecule has 0 fully saturated rings. The lowest BCUT2D eigenvalue weighted by Crippen LogP contribution is -2.35. The van der Waals surface area contributed by atoms with Crippen LogP contribution in [0.5, 0.6) is 0 Å². The lowest BCUT2D eigenvalue weighted by Gasteiger charge is -2.20. The normalized spacial score (nSPS) is 11.8. The summed E-state index contributed by atoms with van der Waals surface area (Å²) in [6.45, 7) is 9.00. The summed E-state index contributed by atoms with van der Waals surface area (Å²) in [6.07, 6.45) is 1.87. The Balaban J connectivity index is 1.95. The first-order valence-electron chi connectivity index (χ1n) is 6.10. The number of hydrogen-bond acceptors (Lipinski definition) is 6. The summed E-state index contributed by atoms with van der Waals surface area (Å²) in [5, 5.41) is 12.5. The van der Waals surface area contributed by atoms with Gasteiger partial charge in [0.15, 0.2) is 0 Å². The molecule has 5 nitrogen and oxygen atoms in total. The second-order valence-electron chi connectivity index (χ2n) is 5.30. The van der Waals surface area contributed by atoms with Crippen LogP contribution in [-0.4, -0.2) is 20.7 Å². The molecule has 0 bridgehead atoms. The van der Waals surface area contributed by atoms with Crippen LogP contribution in [0, 0.1) is 6.92 Å². The van der Waals surface area contributed by atoms with E-state index in [0.29, 0.717) is 11.1 Å². The molecule has 0 atom stereocenters. The third-order valence-electron chi connectivity index (χ3n) is 2.32. The number of aryl methyl sites for hydroxylation is 1. The fourth-order valence-corrected chi connectivity index (χ4v) is 2.02. The lowest BCUT2D eigenvalue weighted by molar-refractivity contribution is 0.424. The van der Waals surface area contributed by atoms with E-state index >= 15 is 0 Å².